The number of carbonyl (C=O) groups excluding carboxylic acids is 1. The maximum Gasteiger partial charge on any atom is 0.210 e. The lowest BCUT2D eigenvalue weighted by Crippen LogP contribution is -2.34. The lowest BCUT2D eigenvalue weighted by molar-refractivity contribution is -0.401. The van der Waals surface area contributed by atoms with Crippen molar-refractivity contribution in [1.82, 2.24) is 0 Å². The number of carbonyl (C=O) groups is 1. The zero-order valence-electron chi connectivity index (χ0n) is 25.6. The molecular formula is C38H36N2O2. The second-order valence-electron chi connectivity index (χ2n) is 13.2. The van der Waals surface area contributed by atoms with E-state index in [9.17, 15) is 9.90 Å². The Labute approximate surface area is 247 Å². The van der Waals surface area contributed by atoms with Gasteiger partial charge in [-0.15, -0.1) is 0 Å². The van der Waals surface area contributed by atoms with Gasteiger partial charge in [-0.05, 0) is 78.6 Å². The van der Waals surface area contributed by atoms with E-state index in [1.807, 2.05) is 26.2 Å². The molecule has 3 aliphatic rings. The molecule has 2 aliphatic heterocycles. The molecule has 0 fully saturated rings. The fraction of sp³-hybridized carbons (Fsp3) is 0.263. The Morgan fingerprint density at radius 2 is 1.57 bits per heavy atom. The molecule has 210 valence electrons. The Balaban J connectivity index is 1.30. The van der Waals surface area contributed by atoms with E-state index >= 15 is 0 Å². The Kier molecular flexibility index (Phi) is 5.38. The number of hydrogen-bond donors (Lipinski definition) is 0. The van der Waals surface area contributed by atoms with Crippen molar-refractivity contribution in [3.8, 4) is 0 Å². The van der Waals surface area contributed by atoms with Gasteiger partial charge in [0, 0.05) is 52.7 Å². The van der Waals surface area contributed by atoms with Crippen LogP contribution in [0.25, 0.3) is 21.5 Å². The first-order chi connectivity index (χ1) is 19.8. The molecule has 2 heterocycles. The summed E-state index contributed by atoms with van der Waals surface area (Å²) in [5.74, 6) is -0.358. The molecule has 4 heteroatoms. The smallest absolute Gasteiger partial charge is 0.210 e. The number of anilines is 1. The molecule has 4 aromatic rings. The van der Waals surface area contributed by atoms with Gasteiger partial charge in [0.15, 0.2) is 11.5 Å². The van der Waals surface area contributed by atoms with Crippen LogP contribution in [-0.2, 0) is 15.6 Å². The molecule has 0 spiro atoms. The van der Waals surface area contributed by atoms with E-state index in [-0.39, 0.29) is 33.5 Å². The van der Waals surface area contributed by atoms with Gasteiger partial charge >= 0.3 is 0 Å². The van der Waals surface area contributed by atoms with E-state index in [0.29, 0.717) is 0 Å². The molecule has 4 aromatic carbocycles. The molecule has 42 heavy (non-hydrogen) atoms. The summed E-state index contributed by atoms with van der Waals surface area (Å²) < 4.78 is 2.14. The van der Waals surface area contributed by atoms with E-state index in [4.69, 9.17) is 0 Å². The maximum absolute atomic E-state index is 13.6. The van der Waals surface area contributed by atoms with Crippen molar-refractivity contribution in [3.63, 3.8) is 0 Å². The van der Waals surface area contributed by atoms with Crippen molar-refractivity contribution in [3.05, 3.63) is 118 Å². The van der Waals surface area contributed by atoms with Crippen LogP contribution in [-0.4, -0.2) is 30.2 Å². The fourth-order valence-electron chi connectivity index (χ4n) is 7.69. The highest BCUT2D eigenvalue weighted by atomic mass is 16.3. The highest BCUT2D eigenvalue weighted by Gasteiger charge is 2.46. The highest BCUT2D eigenvalue weighted by Crippen LogP contribution is 2.51. The Morgan fingerprint density at radius 3 is 2.31 bits per heavy atom. The van der Waals surface area contributed by atoms with Crippen LogP contribution in [0, 0.1) is 13.8 Å². The third-order valence-electron chi connectivity index (χ3n) is 9.93. The van der Waals surface area contributed by atoms with Crippen LogP contribution in [0.15, 0.2) is 95.4 Å². The summed E-state index contributed by atoms with van der Waals surface area (Å²) in [6, 6.07) is 21.6. The SMILES string of the molecule is Cc1ccc2c3c(ccc2c1)N(C)C(=CC1=C([O-])C(=CC2=[N+](C)c4ccc5c(C)cccc5c4C2(C)C)C1=O)C3(C)C. The summed E-state index contributed by atoms with van der Waals surface area (Å²) >= 11 is 0. The molecule has 0 unspecified atom stereocenters. The number of hydrogen-bond acceptors (Lipinski definition) is 3. The Morgan fingerprint density at radius 1 is 0.833 bits per heavy atom. The molecule has 0 saturated heterocycles. The number of likely N-dealkylation sites (N-methyl/N-ethyl adjacent to an activating group) is 1. The molecule has 0 amide bonds. The van der Waals surface area contributed by atoms with Crippen molar-refractivity contribution in [2.45, 2.75) is 52.4 Å². The molecule has 0 atom stereocenters. The first-order valence-corrected chi connectivity index (χ1v) is 14.7. The van der Waals surface area contributed by atoms with Crippen LogP contribution >= 0.6 is 0 Å². The Bertz CT molecular complexity index is 2050. The first-order valence-electron chi connectivity index (χ1n) is 14.7. The van der Waals surface area contributed by atoms with Crippen LogP contribution in [0.1, 0.15) is 49.9 Å². The van der Waals surface area contributed by atoms with Gasteiger partial charge < -0.3 is 10.0 Å². The third kappa shape index (κ3) is 3.35. The second kappa shape index (κ2) is 8.54. The van der Waals surface area contributed by atoms with Crippen LogP contribution in [0.3, 0.4) is 0 Å². The number of allylic oxidation sites excluding steroid dienone is 5. The summed E-state index contributed by atoms with van der Waals surface area (Å²) in [4.78, 5) is 15.7. The van der Waals surface area contributed by atoms with Crippen molar-refractivity contribution in [1.29, 1.82) is 0 Å². The van der Waals surface area contributed by atoms with Crippen molar-refractivity contribution >= 4 is 44.4 Å². The van der Waals surface area contributed by atoms with E-state index in [1.54, 1.807) is 0 Å². The number of fused-ring (bicyclic) bond motifs is 6. The van der Waals surface area contributed by atoms with Crippen LogP contribution < -0.4 is 10.0 Å². The number of nitrogens with zero attached hydrogens (tertiary/aromatic N) is 2. The normalized spacial score (nSPS) is 20.8. The molecule has 1 aliphatic carbocycles. The predicted molar refractivity (Wildman–Crippen MR) is 171 cm³/mol. The third-order valence-corrected chi connectivity index (χ3v) is 9.93. The zero-order chi connectivity index (χ0) is 29.9. The molecule has 7 rings (SSSR count). The quantitative estimate of drug-likeness (QED) is 0.198. The maximum atomic E-state index is 13.6. The minimum absolute atomic E-state index is 0.179. The van der Waals surface area contributed by atoms with Crippen LogP contribution in [0.2, 0.25) is 0 Å². The largest absolute Gasteiger partial charge is 0.871 e. The predicted octanol–water partition coefficient (Wildman–Crippen LogP) is 7.05. The lowest BCUT2D eigenvalue weighted by atomic mass is 9.76. The van der Waals surface area contributed by atoms with Crippen molar-refractivity contribution in [2.24, 2.45) is 0 Å². The van der Waals surface area contributed by atoms with Gasteiger partial charge in [0.25, 0.3) is 0 Å². The molecule has 0 saturated carbocycles. The van der Waals surface area contributed by atoms with Gasteiger partial charge in [-0.1, -0.05) is 67.6 Å². The van der Waals surface area contributed by atoms with Crippen molar-refractivity contribution in [2.75, 3.05) is 19.0 Å². The molecular weight excluding hydrogens is 516 g/mol. The number of benzene rings is 4. The average molecular weight is 553 g/mol. The first kappa shape index (κ1) is 26.5. The van der Waals surface area contributed by atoms with Gasteiger partial charge in [-0.25, -0.2) is 0 Å². The summed E-state index contributed by atoms with van der Waals surface area (Å²) in [5.41, 5.74) is 8.88. The topological polar surface area (TPSA) is 46.4 Å². The molecule has 0 N–H and O–H groups in total. The summed E-state index contributed by atoms with van der Waals surface area (Å²) in [7, 11) is 4.06. The molecule has 0 radical (unpaired) electrons. The minimum Gasteiger partial charge on any atom is -0.871 e. The number of aryl methyl sites for hydroxylation is 2. The molecule has 0 aromatic heterocycles. The van der Waals surface area contributed by atoms with Gasteiger partial charge in [-0.2, -0.15) is 4.58 Å². The summed E-state index contributed by atoms with van der Waals surface area (Å²) in [5, 5.41) is 18.5. The van der Waals surface area contributed by atoms with Gasteiger partial charge in [-0.3, -0.25) is 4.79 Å². The standard InChI is InChI=1S/C38H36N2O2/c1-21-12-14-25-23(18-21)13-16-29-33(25)37(3,4)31(39(29)7)19-27-35(41)28(36(27)42)20-32-38(5,6)34-26-11-9-10-22(2)24(26)15-17-30(34)40(32)8/h9-20H,1-8H3. The van der Waals surface area contributed by atoms with E-state index in [2.05, 4.69) is 112 Å². The number of Topliss-reactive ketones (excluding diaryl/α,β-unsaturated/α-hetero) is 1. The minimum atomic E-state index is -0.367. The average Bonchev–Trinajstić information content (AvgIpc) is 3.27. The monoisotopic (exact) mass is 552 g/mol. The highest BCUT2D eigenvalue weighted by molar-refractivity contribution is 6.24. The fourth-order valence-corrected chi connectivity index (χ4v) is 7.69. The van der Waals surface area contributed by atoms with Crippen LogP contribution in [0.5, 0.6) is 0 Å². The lowest BCUT2D eigenvalue weighted by Gasteiger charge is -2.32. The molecule has 0 bridgehead atoms. The number of rotatable bonds is 2. The summed E-state index contributed by atoms with van der Waals surface area (Å²) in [6.45, 7) is 13.0. The zero-order valence-corrected chi connectivity index (χ0v) is 25.6. The van der Waals surface area contributed by atoms with E-state index in [1.165, 1.54) is 43.8 Å². The van der Waals surface area contributed by atoms with E-state index in [0.717, 1.165) is 22.8 Å². The van der Waals surface area contributed by atoms with Crippen LogP contribution in [0.4, 0.5) is 11.4 Å². The Hall–Kier alpha value is -4.44. The van der Waals surface area contributed by atoms with E-state index < -0.39 is 0 Å². The summed E-state index contributed by atoms with van der Waals surface area (Å²) in [6.07, 6.45) is 3.67. The van der Waals surface area contributed by atoms with Gasteiger partial charge in [0.05, 0.1) is 5.41 Å². The van der Waals surface area contributed by atoms with Gasteiger partial charge in [0.1, 0.15) is 7.05 Å². The van der Waals surface area contributed by atoms with Gasteiger partial charge in [0.2, 0.25) is 5.69 Å². The van der Waals surface area contributed by atoms with Crippen molar-refractivity contribution < 1.29 is 14.5 Å². The number of ketones is 1. The second-order valence-corrected chi connectivity index (χ2v) is 13.2. The molecule has 4 nitrogen and oxygen atoms in total.